The summed E-state index contributed by atoms with van der Waals surface area (Å²) < 4.78 is 0. The molecule has 1 aliphatic carbocycles. The van der Waals surface area contributed by atoms with E-state index >= 15 is 0 Å². The number of allylic oxidation sites excluding steroid dienone is 1. The number of hydrogen-bond donors (Lipinski definition) is 1. The van der Waals surface area contributed by atoms with Crippen LogP contribution < -0.4 is 5.73 Å². The second kappa shape index (κ2) is 5.30. The van der Waals surface area contributed by atoms with Crippen LogP contribution in [-0.2, 0) is 16.8 Å². The Hall–Kier alpha value is -1.61. The monoisotopic (exact) mass is 284 g/mol. The second-order valence-corrected chi connectivity index (χ2v) is 6.60. The van der Waals surface area contributed by atoms with Gasteiger partial charge in [0.05, 0.1) is 0 Å². The van der Waals surface area contributed by atoms with Crippen LogP contribution in [0.25, 0.3) is 6.08 Å². The first-order valence-corrected chi connectivity index (χ1v) is 7.87. The molecule has 0 atom stereocenters. The van der Waals surface area contributed by atoms with Gasteiger partial charge >= 0.3 is 0 Å². The van der Waals surface area contributed by atoms with E-state index in [1.165, 1.54) is 16.7 Å². The Labute approximate surface area is 126 Å². The molecule has 3 heteroatoms. The highest BCUT2D eigenvalue weighted by Crippen LogP contribution is 2.44. The minimum atomic E-state index is 0.0919. The molecule has 0 unspecified atom stereocenters. The fraction of sp³-hybridized carbons (Fsp3) is 0.500. The summed E-state index contributed by atoms with van der Waals surface area (Å²) in [6.07, 6.45) is 6.61. The molecule has 0 saturated carbocycles. The molecule has 1 spiro atoms. The van der Waals surface area contributed by atoms with Gasteiger partial charge < -0.3 is 10.6 Å². The van der Waals surface area contributed by atoms with Crippen LogP contribution in [0.1, 0.15) is 43.4 Å². The van der Waals surface area contributed by atoms with E-state index < -0.39 is 0 Å². The maximum Gasteiger partial charge on any atom is 0.225 e. The van der Waals surface area contributed by atoms with Gasteiger partial charge in [0.2, 0.25) is 5.91 Å². The molecule has 3 nitrogen and oxygen atoms in total. The maximum absolute atomic E-state index is 12.1. The quantitative estimate of drug-likeness (QED) is 0.907. The molecule has 1 saturated heterocycles. The summed E-state index contributed by atoms with van der Waals surface area (Å²) in [5.41, 5.74) is 9.82. The fourth-order valence-corrected chi connectivity index (χ4v) is 3.57. The van der Waals surface area contributed by atoms with Crippen molar-refractivity contribution in [1.82, 2.24) is 4.90 Å². The van der Waals surface area contributed by atoms with Gasteiger partial charge in [0.25, 0.3) is 0 Å². The number of nitrogens with two attached hydrogens (primary N) is 1. The molecule has 0 bridgehead atoms. The van der Waals surface area contributed by atoms with E-state index in [0.29, 0.717) is 6.54 Å². The van der Waals surface area contributed by atoms with Gasteiger partial charge in [-0.05, 0) is 29.5 Å². The molecular formula is C18H24N2O. The van der Waals surface area contributed by atoms with E-state index in [9.17, 15) is 4.79 Å². The topological polar surface area (TPSA) is 46.3 Å². The number of fused-ring (bicyclic) bond motifs is 2. The van der Waals surface area contributed by atoms with Crippen molar-refractivity contribution < 1.29 is 4.79 Å². The molecule has 0 aromatic heterocycles. The zero-order chi connectivity index (χ0) is 15.0. The minimum Gasteiger partial charge on any atom is -0.342 e. The Morgan fingerprint density at radius 2 is 2.05 bits per heavy atom. The van der Waals surface area contributed by atoms with E-state index in [0.717, 1.165) is 25.9 Å². The van der Waals surface area contributed by atoms with Gasteiger partial charge in [-0.1, -0.05) is 44.2 Å². The van der Waals surface area contributed by atoms with E-state index in [1.54, 1.807) is 0 Å². The van der Waals surface area contributed by atoms with Crippen molar-refractivity contribution in [2.45, 2.75) is 38.6 Å². The molecule has 1 amide bonds. The second-order valence-electron chi connectivity index (χ2n) is 6.60. The highest BCUT2D eigenvalue weighted by Gasteiger charge is 2.39. The van der Waals surface area contributed by atoms with Crippen LogP contribution in [0.4, 0.5) is 0 Å². The third kappa shape index (κ3) is 2.40. The Bertz CT molecular complexity index is 581. The summed E-state index contributed by atoms with van der Waals surface area (Å²) in [5.74, 6) is 0.372. The first-order valence-electron chi connectivity index (χ1n) is 7.87. The van der Waals surface area contributed by atoms with Crippen molar-refractivity contribution in [3.05, 3.63) is 41.0 Å². The zero-order valence-electron chi connectivity index (χ0n) is 12.9. The summed E-state index contributed by atoms with van der Waals surface area (Å²) in [5, 5.41) is 0. The molecule has 21 heavy (non-hydrogen) atoms. The number of piperidine rings is 1. The van der Waals surface area contributed by atoms with Gasteiger partial charge in [0.1, 0.15) is 0 Å². The predicted molar refractivity (Wildman–Crippen MR) is 85.7 cm³/mol. The van der Waals surface area contributed by atoms with Crippen molar-refractivity contribution >= 4 is 12.0 Å². The van der Waals surface area contributed by atoms with Crippen LogP contribution in [0.5, 0.6) is 0 Å². The number of hydrogen-bond acceptors (Lipinski definition) is 2. The molecular weight excluding hydrogens is 260 g/mol. The Morgan fingerprint density at radius 3 is 2.67 bits per heavy atom. The molecule has 3 rings (SSSR count). The summed E-state index contributed by atoms with van der Waals surface area (Å²) in [4.78, 5) is 14.2. The van der Waals surface area contributed by atoms with Crippen molar-refractivity contribution in [2.24, 2.45) is 11.7 Å². The van der Waals surface area contributed by atoms with Gasteiger partial charge in [-0.3, -0.25) is 4.79 Å². The van der Waals surface area contributed by atoms with Crippen molar-refractivity contribution in [2.75, 3.05) is 13.1 Å². The van der Waals surface area contributed by atoms with Crippen molar-refractivity contribution in [3.8, 4) is 0 Å². The Kier molecular flexibility index (Phi) is 3.62. The SMILES string of the molecule is CC(C)C(=O)N1CCC2(C=Cc3ccc(CN)cc32)CC1. The molecule has 1 aromatic carbocycles. The van der Waals surface area contributed by atoms with Crippen LogP contribution >= 0.6 is 0 Å². The van der Waals surface area contributed by atoms with Crippen molar-refractivity contribution in [1.29, 1.82) is 0 Å². The third-order valence-corrected chi connectivity index (χ3v) is 4.93. The zero-order valence-corrected chi connectivity index (χ0v) is 12.9. The summed E-state index contributed by atoms with van der Waals surface area (Å²) in [7, 11) is 0. The molecule has 1 aromatic rings. The van der Waals surface area contributed by atoms with E-state index in [4.69, 9.17) is 5.73 Å². The van der Waals surface area contributed by atoms with E-state index in [1.807, 2.05) is 18.7 Å². The highest BCUT2D eigenvalue weighted by atomic mass is 16.2. The highest BCUT2D eigenvalue weighted by molar-refractivity contribution is 5.78. The van der Waals surface area contributed by atoms with Gasteiger partial charge in [-0.2, -0.15) is 0 Å². The average Bonchev–Trinajstić information content (AvgIpc) is 2.85. The normalized spacial score (nSPS) is 19.3. The first kappa shape index (κ1) is 14.3. The molecule has 112 valence electrons. The van der Waals surface area contributed by atoms with Crippen LogP contribution in [0.15, 0.2) is 24.3 Å². The smallest absolute Gasteiger partial charge is 0.225 e. The van der Waals surface area contributed by atoms with Crippen LogP contribution in [0.3, 0.4) is 0 Å². The lowest BCUT2D eigenvalue weighted by atomic mass is 9.74. The van der Waals surface area contributed by atoms with Crippen LogP contribution in [0, 0.1) is 5.92 Å². The van der Waals surface area contributed by atoms with Gasteiger partial charge in [0.15, 0.2) is 0 Å². The lowest BCUT2D eigenvalue weighted by Gasteiger charge is -2.40. The van der Waals surface area contributed by atoms with Gasteiger partial charge in [-0.15, -0.1) is 0 Å². The number of rotatable bonds is 2. The average molecular weight is 284 g/mol. The summed E-state index contributed by atoms with van der Waals surface area (Å²) in [6.45, 7) is 6.25. The lowest BCUT2D eigenvalue weighted by molar-refractivity contribution is -0.135. The number of likely N-dealkylation sites (tertiary alicyclic amines) is 1. The molecule has 1 aliphatic heterocycles. The third-order valence-electron chi connectivity index (χ3n) is 4.93. The number of amides is 1. The maximum atomic E-state index is 12.1. The van der Waals surface area contributed by atoms with Gasteiger partial charge in [-0.25, -0.2) is 0 Å². The minimum absolute atomic E-state index is 0.0919. The molecule has 1 heterocycles. The fourth-order valence-electron chi connectivity index (χ4n) is 3.57. The van der Waals surface area contributed by atoms with Gasteiger partial charge in [0, 0.05) is 31.0 Å². The lowest BCUT2D eigenvalue weighted by Crippen LogP contribution is -2.45. The number of carbonyl (C=O) groups excluding carboxylic acids is 1. The summed E-state index contributed by atoms with van der Waals surface area (Å²) >= 11 is 0. The predicted octanol–water partition coefficient (Wildman–Crippen LogP) is 2.69. The summed E-state index contributed by atoms with van der Waals surface area (Å²) in [6, 6.07) is 6.54. The number of carbonyl (C=O) groups is 1. The molecule has 2 aliphatic rings. The van der Waals surface area contributed by atoms with E-state index in [2.05, 4.69) is 30.4 Å². The standard InChI is InChI=1S/C18H24N2O/c1-13(2)17(21)20-9-7-18(8-10-20)6-5-15-4-3-14(12-19)11-16(15)18/h3-6,11,13H,7-10,12,19H2,1-2H3. The first-order chi connectivity index (χ1) is 10.1. The van der Waals surface area contributed by atoms with Crippen molar-refractivity contribution in [3.63, 3.8) is 0 Å². The molecule has 0 radical (unpaired) electrons. The number of nitrogens with zero attached hydrogens (tertiary/aromatic N) is 1. The van der Waals surface area contributed by atoms with Crippen LogP contribution in [0.2, 0.25) is 0 Å². The Morgan fingerprint density at radius 1 is 1.33 bits per heavy atom. The van der Waals surface area contributed by atoms with Crippen LogP contribution in [-0.4, -0.2) is 23.9 Å². The van der Waals surface area contributed by atoms with E-state index in [-0.39, 0.29) is 17.2 Å². The number of benzene rings is 1. The molecule has 2 N–H and O–H groups in total. The largest absolute Gasteiger partial charge is 0.342 e. The Balaban J connectivity index is 1.81. The molecule has 1 fully saturated rings.